The predicted octanol–water partition coefficient (Wildman–Crippen LogP) is 5.51. The van der Waals surface area contributed by atoms with Gasteiger partial charge >= 0.3 is 0 Å². The van der Waals surface area contributed by atoms with Gasteiger partial charge in [-0.25, -0.2) is 4.39 Å². The number of nitrogens with two attached hydrogens (primary N) is 1. The Morgan fingerprint density at radius 2 is 1.81 bits per heavy atom. The minimum absolute atomic E-state index is 0.284. The van der Waals surface area contributed by atoms with Crippen molar-refractivity contribution < 1.29 is 4.39 Å². The third-order valence-corrected chi connectivity index (χ3v) is 4.40. The molecule has 3 rings (SSSR count). The van der Waals surface area contributed by atoms with E-state index < -0.39 is 0 Å². The molecule has 0 atom stereocenters. The standard InChI is InChI=1S/C23H21FN2/c1-3-18(20-7-4-5-9-22(20)25)15-17-10-12-19(13-11-17)16(2)23-21(24)8-6-14-26-23/h3-14H,2,15,25H2,1H3/b18-3-. The SMILES string of the molecule is C=C(c1ccc(C/C(=C/C)c2ccccc2N)cc1)c1ncccc1F. The molecule has 0 bridgehead atoms. The molecule has 3 aromatic rings. The molecular weight excluding hydrogens is 323 g/mol. The number of halogens is 1. The van der Waals surface area contributed by atoms with Crippen LogP contribution in [0.5, 0.6) is 0 Å². The molecule has 0 aliphatic heterocycles. The molecule has 0 aliphatic rings. The number of rotatable bonds is 5. The van der Waals surface area contributed by atoms with Gasteiger partial charge in [0.2, 0.25) is 0 Å². The lowest BCUT2D eigenvalue weighted by molar-refractivity contribution is 0.617. The Morgan fingerprint density at radius 1 is 1.08 bits per heavy atom. The average molecular weight is 344 g/mol. The van der Waals surface area contributed by atoms with Crippen molar-refractivity contribution in [2.24, 2.45) is 0 Å². The lowest BCUT2D eigenvalue weighted by Gasteiger charge is -2.12. The van der Waals surface area contributed by atoms with Gasteiger partial charge in [-0.1, -0.05) is 55.1 Å². The van der Waals surface area contributed by atoms with Crippen LogP contribution in [0.1, 0.15) is 29.3 Å². The molecule has 2 N–H and O–H groups in total. The van der Waals surface area contributed by atoms with Gasteiger partial charge in [0.15, 0.2) is 0 Å². The van der Waals surface area contributed by atoms with Crippen LogP contribution in [-0.4, -0.2) is 4.98 Å². The van der Waals surface area contributed by atoms with Crippen molar-refractivity contribution in [2.75, 3.05) is 5.73 Å². The fraction of sp³-hybridized carbons (Fsp3) is 0.0870. The first kappa shape index (κ1) is 17.6. The Balaban J connectivity index is 1.81. The van der Waals surface area contributed by atoms with Gasteiger partial charge in [-0.2, -0.15) is 0 Å². The van der Waals surface area contributed by atoms with Crippen molar-refractivity contribution in [1.82, 2.24) is 4.98 Å². The van der Waals surface area contributed by atoms with E-state index in [2.05, 4.69) is 17.6 Å². The van der Waals surface area contributed by atoms with E-state index in [0.717, 1.165) is 28.8 Å². The van der Waals surface area contributed by atoms with Gasteiger partial charge in [0.25, 0.3) is 0 Å². The summed E-state index contributed by atoms with van der Waals surface area (Å²) in [5.74, 6) is -0.364. The van der Waals surface area contributed by atoms with Crippen molar-refractivity contribution in [2.45, 2.75) is 13.3 Å². The first-order valence-corrected chi connectivity index (χ1v) is 8.49. The third-order valence-electron chi connectivity index (χ3n) is 4.40. The second-order valence-corrected chi connectivity index (χ2v) is 6.09. The van der Waals surface area contributed by atoms with E-state index in [9.17, 15) is 4.39 Å². The Bertz CT molecular complexity index is 956. The largest absolute Gasteiger partial charge is 0.398 e. The fourth-order valence-corrected chi connectivity index (χ4v) is 2.93. The Morgan fingerprint density at radius 3 is 2.46 bits per heavy atom. The third kappa shape index (κ3) is 3.72. The molecule has 0 spiro atoms. The molecule has 0 fully saturated rings. The van der Waals surface area contributed by atoms with Crippen molar-refractivity contribution in [1.29, 1.82) is 0 Å². The minimum atomic E-state index is -0.364. The number of para-hydroxylation sites is 1. The highest BCUT2D eigenvalue weighted by Crippen LogP contribution is 2.26. The number of nitrogen functional groups attached to an aromatic ring is 1. The first-order valence-electron chi connectivity index (χ1n) is 8.49. The lowest BCUT2D eigenvalue weighted by Crippen LogP contribution is -1.97. The first-order chi connectivity index (χ1) is 12.6. The second-order valence-electron chi connectivity index (χ2n) is 6.09. The Hall–Kier alpha value is -3.20. The molecule has 130 valence electrons. The monoisotopic (exact) mass is 344 g/mol. The normalized spacial score (nSPS) is 11.4. The Labute approximate surface area is 153 Å². The topological polar surface area (TPSA) is 38.9 Å². The summed E-state index contributed by atoms with van der Waals surface area (Å²) in [5.41, 5.74) is 12.0. The summed E-state index contributed by atoms with van der Waals surface area (Å²) in [7, 11) is 0. The number of nitrogens with zero attached hydrogens (tertiary/aromatic N) is 1. The van der Waals surface area contributed by atoms with Gasteiger partial charge in [0.05, 0.1) is 0 Å². The van der Waals surface area contributed by atoms with E-state index in [-0.39, 0.29) is 11.5 Å². The summed E-state index contributed by atoms with van der Waals surface area (Å²) >= 11 is 0. The summed E-state index contributed by atoms with van der Waals surface area (Å²) in [5, 5.41) is 0. The number of hydrogen-bond donors (Lipinski definition) is 1. The van der Waals surface area contributed by atoms with Crippen molar-refractivity contribution in [3.8, 4) is 0 Å². The number of aromatic nitrogens is 1. The molecule has 2 nitrogen and oxygen atoms in total. The van der Waals surface area contributed by atoms with Crippen LogP contribution in [0, 0.1) is 5.82 Å². The fourth-order valence-electron chi connectivity index (χ4n) is 2.93. The molecule has 0 radical (unpaired) electrons. The van der Waals surface area contributed by atoms with Crippen molar-refractivity contribution >= 4 is 16.8 Å². The predicted molar refractivity (Wildman–Crippen MR) is 107 cm³/mol. The molecule has 2 aromatic carbocycles. The second kappa shape index (κ2) is 7.79. The Kier molecular flexibility index (Phi) is 5.28. The van der Waals surface area contributed by atoms with Gasteiger partial charge in [0, 0.05) is 23.0 Å². The summed E-state index contributed by atoms with van der Waals surface area (Å²) in [6, 6.07) is 18.8. The van der Waals surface area contributed by atoms with Gasteiger partial charge in [-0.05, 0) is 48.2 Å². The van der Waals surface area contributed by atoms with Gasteiger partial charge in [0.1, 0.15) is 11.5 Å². The zero-order chi connectivity index (χ0) is 18.5. The quantitative estimate of drug-likeness (QED) is 0.620. The summed E-state index contributed by atoms with van der Waals surface area (Å²) in [6.45, 7) is 6.01. The molecular formula is C23H21FN2. The average Bonchev–Trinajstić information content (AvgIpc) is 2.67. The molecule has 0 saturated heterocycles. The highest BCUT2D eigenvalue weighted by Gasteiger charge is 2.10. The maximum absolute atomic E-state index is 13.9. The molecule has 26 heavy (non-hydrogen) atoms. The molecule has 0 unspecified atom stereocenters. The highest BCUT2D eigenvalue weighted by molar-refractivity contribution is 5.78. The maximum Gasteiger partial charge on any atom is 0.149 e. The van der Waals surface area contributed by atoms with E-state index in [4.69, 9.17) is 5.73 Å². The van der Waals surface area contributed by atoms with E-state index in [1.807, 2.05) is 55.5 Å². The highest BCUT2D eigenvalue weighted by atomic mass is 19.1. The van der Waals surface area contributed by atoms with Crippen LogP contribution in [0.4, 0.5) is 10.1 Å². The molecule has 0 aliphatic carbocycles. The van der Waals surface area contributed by atoms with Gasteiger partial charge in [-0.3, -0.25) is 4.98 Å². The summed E-state index contributed by atoms with van der Waals surface area (Å²) in [6.07, 6.45) is 4.43. The zero-order valence-corrected chi connectivity index (χ0v) is 14.7. The number of allylic oxidation sites excluding steroid dienone is 2. The molecule has 3 heteroatoms. The van der Waals surface area contributed by atoms with Crippen molar-refractivity contribution in [3.63, 3.8) is 0 Å². The smallest absolute Gasteiger partial charge is 0.149 e. The van der Waals surface area contributed by atoms with Crippen LogP contribution in [0.2, 0.25) is 0 Å². The van der Waals surface area contributed by atoms with Crippen LogP contribution in [0.25, 0.3) is 11.1 Å². The number of pyridine rings is 1. The van der Waals surface area contributed by atoms with E-state index in [0.29, 0.717) is 5.57 Å². The molecule has 0 saturated carbocycles. The molecule has 1 heterocycles. The van der Waals surface area contributed by atoms with Crippen LogP contribution in [-0.2, 0) is 6.42 Å². The van der Waals surface area contributed by atoms with Crippen LogP contribution < -0.4 is 5.73 Å². The maximum atomic E-state index is 13.9. The van der Waals surface area contributed by atoms with Gasteiger partial charge < -0.3 is 5.73 Å². The summed E-state index contributed by atoms with van der Waals surface area (Å²) < 4.78 is 13.9. The minimum Gasteiger partial charge on any atom is -0.398 e. The van der Waals surface area contributed by atoms with E-state index in [1.165, 1.54) is 11.6 Å². The lowest BCUT2D eigenvalue weighted by atomic mass is 9.95. The number of anilines is 1. The van der Waals surface area contributed by atoms with Gasteiger partial charge in [-0.15, -0.1) is 0 Å². The summed E-state index contributed by atoms with van der Waals surface area (Å²) in [4.78, 5) is 4.09. The zero-order valence-electron chi connectivity index (χ0n) is 14.7. The number of benzene rings is 2. The van der Waals surface area contributed by atoms with Crippen LogP contribution in [0.15, 0.2) is 79.5 Å². The van der Waals surface area contributed by atoms with Crippen LogP contribution >= 0.6 is 0 Å². The molecule has 1 aromatic heterocycles. The molecule has 0 amide bonds. The van der Waals surface area contributed by atoms with Crippen LogP contribution in [0.3, 0.4) is 0 Å². The van der Waals surface area contributed by atoms with E-state index in [1.54, 1.807) is 12.3 Å². The van der Waals surface area contributed by atoms with Crippen molar-refractivity contribution in [3.05, 3.63) is 108 Å². The number of hydrogen-bond acceptors (Lipinski definition) is 2. The van der Waals surface area contributed by atoms with E-state index >= 15 is 0 Å².